The maximum Gasteiger partial charge on any atom is 0.261 e. The van der Waals surface area contributed by atoms with Crippen molar-refractivity contribution < 1.29 is 13.2 Å². The van der Waals surface area contributed by atoms with Gasteiger partial charge in [0.2, 0.25) is 5.91 Å². The van der Waals surface area contributed by atoms with Crippen LogP contribution < -0.4 is 10.0 Å². The van der Waals surface area contributed by atoms with Gasteiger partial charge in [0.05, 0.1) is 10.3 Å². The largest absolute Gasteiger partial charge is 0.356 e. The Morgan fingerprint density at radius 3 is 2.14 bits per heavy atom. The Balaban J connectivity index is 1.72. The first-order chi connectivity index (χ1) is 13.3. The highest BCUT2D eigenvalue weighted by Gasteiger charge is 2.50. The van der Waals surface area contributed by atoms with Gasteiger partial charge >= 0.3 is 0 Å². The van der Waals surface area contributed by atoms with E-state index in [-0.39, 0.29) is 10.8 Å². The van der Waals surface area contributed by atoms with Crippen LogP contribution in [0.2, 0.25) is 0 Å². The molecule has 1 aliphatic rings. The smallest absolute Gasteiger partial charge is 0.261 e. The summed E-state index contributed by atoms with van der Waals surface area (Å²) in [6.07, 6.45) is 2.57. The summed E-state index contributed by atoms with van der Waals surface area (Å²) in [7, 11) is -3.65. The minimum absolute atomic E-state index is 0.0461. The number of anilines is 1. The van der Waals surface area contributed by atoms with Crippen LogP contribution >= 0.6 is 0 Å². The van der Waals surface area contributed by atoms with Crippen LogP contribution in [-0.2, 0) is 26.7 Å². The Morgan fingerprint density at radius 1 is 1.04 bits per heavy atom. The third-order valence-corrected chi connectivity index (χ3v) is 6.49. The fraction of sp³-hybridized carbons (Fsp3) is 0.409. The van der Waals surface area contributed by atoms with Crippen molar-refractivity contribution in [1.82, 2.24) is 5.32 Å². The number of rotatable bonds is 8. The highest BCUT2D eigenvalue weighted by atomic mass is 32.2. The second-order valence-corrected chi connectivity index (χ2v) is 9.55. The molecule has 0 bridgehead atoms. The molecule has 1 aliphatic carbocycles. The van der Waals surface area contributed by atoms with E-state index in [4.69, 9.17) is 0 Å². The minimum atomic E-state index is -3.65. The molecule has 0 aromatic heterocycles. The number of hydrogen-bond acceptors (Lipinski definition) is 3. The average molecular weight is 401 g/mol. The van der Waals surface area contributed by atoms with E-state index in [1.165, 1.54) is 0 Å². The predicted octanol–water partition coefficient (Wildman–Crippen LogP) is 3.85. The molecule has 0 saturated heterocycles. The summed E-state index contributed by atoms with van der Waals surface area (Å²) in [5, 5.41) is 2.89. The maximum absolute atomic E-state index is 12.6. The molecule has 2 aromatic carbocycles. The molecular formula is C22H28N2O3S. The Hall–Kier alpha value is -2.34. The summed E-state index contributed by atoms with van der Waals surface area (Å²) >= 11 is 0. The molecule has 0 unspecified atom stereocenters. The molecule has 0 aliphatic heterocycles. The SMILES string of the molecule is CCNC(=O)C1(c2ccc(NS(=O)(=O)c3ccc(CC(C)C)cc3)cc2)CC1. The van der Waals surface area contributed by atoms with E-state index in [0.29, 0.717) is 18.2 Å². The van der Waals surface area contributed by atoms with Crippen molar-refractivity contribution in [2.24, 2.45) is 5.92 Å². The summed E-state index contributed by atoms with van der Waals surface area (Å²) < 4.78 is 27.9. The molecule has 150 valence electrons. The lowest BCUT2D eigenvalue weighted by atomic mass is 9.95. The molecule has 1 fully saturated rings. The first-order valence-electron chi connectivity index (χ1n) is 9.77. The lowest BCUT2D eigenvalue weighted by Crippen LogP contribution is -2.34. The quantitative estimate of drug-likeness (QED) is 0.707. The molecule has 0 heterocycles. The summed E-state index contributed by atoms with van der Waals surface area (Å²) in [5.41, 5.74) is 2.10. The molecule has 0 spiro atoms. The lowest BCUT2D eigenvalue weighted by molar-refractivity contribution is -0.123. The van der Waals surface area contributed by atoms with Gasteiger partial charge < -0.3 is 5.32 Å². The molecule has 28 heavy (non-hydrogen) atoms. The monoisotopic (exact) mass is 400 g/mol. The second-order valence-electron chi connectivity index (χ2n) is 7.87. The predicted molar refractivity (Wildman–Crippen MR) is 112 cm³/mol. The Labute approximate surface area is 167 Å². The molecule has 2 N–H and O–H groups in total. The van der Waals surface area contributed by atoms with E-state index in [1.807, 2.05) is 31.2 Å². The molecule has 1 saturated carbocycles. The number of benzene rings is 2. The summed E-state index contributed by atoms with van der Waals surface area (Å²) in [4.78, 5) is 12.5. The van der Waals surface area contributed by atoms with Crippen LogP contribution in [0.25, 0.3) is 0 Å². The summed E-state index contributed by atoms with van der Waals surface area (Å²) in [6, 6.07) is 14.1. The molecule has 5 nitrogen and oxygen atoms in total. The molecule has 2 aromatic rings. The molecule has 0 atom stereocenters. The van der Waals surface area contributed by atoms with Crippen LogP contribution in [0.15, 0.2) is 53.4 Å². The van der Waals surface area contributed by atoms with Crippen LogP contribution in [0, 0.1) is 5.92 Å². The number of carbonyl (C=O) groups excluding carboxylic acids is 1. The third kappa shape index (κ3) is 4.38. The van der Waals surface area contributed by atoms with Crippen molar-refractivity contribution in [3.05, 3.63) is 59.7 Å². The van der Waals surface area contributed by atoms with E-state index in [1.54, 1.807) is 24.3 Å². The van der Waals surface area contributed by atoms with Gasteiger partial charge in [-0.3, -0.25) is 9.52 Å². The van der Waals surface area contributed by atoms with Crippen LogP contribution in [0.1, 0.15) is 44.7 Å². The fourth-order valence-corrected chi connectivity index (χ4v) is 4.51. The number of sulfonamides is 1. The zero-order chi connectivity index (χ0) is 20.4. The number of likely N-dealkylation sites (N-methyl/N-ethyl adjacent to an activating group) is 1. The van der Waals surface area contributed by atoms with Crippen LogP contribution in [-0.4, -0.2) is 20.9 Å². The third-order valence-electron chi connectivity index (χ3n) is 5.09. The Kier molecular flexibility index (Phi) is 5.79. The van der Waals surface area contributed by atoms with E-state index in [0.717, 1.165) is 30.4 Å². The molecule has 1 amide bonds. The number of nitrogens with one attached hydrogen (secondary N) is 2. The van der Waals surface area contributed by atoms with Gasteiger partial charge in [-0.1, -0.05) is 38.1 Å². The highest BCUT2D eigenvalue weighted by Crippen LogP contribution is 2.48. The van der Waals surface area contributed by atoms with E-state index >= 15 is 0 Å². The van der Waals surface area contributed by atoms with Gasteiger partial charge in [0, 0.05) is 12.2 Å². The summed E-state index contributed by atoms with van der Waals surface area (Å²) in [6.45, 7) is 6.77. The minimum Gasteiger partial charge on any atom is -0.356 e. The standard InChI is InChI=1S/C22H28N2O3S/c1-4-23-21(25)22(13-14-22)18-7-9-19(10-8-18)24-28(26,27)20-11-5-17(6-12-20)15-16(2)3/h5-12,16,24H,4,13-15H2,1-3H3,(H,23,25). The Morgan fingerprint density at radius 2 is 1.64 bits per heavy atom. The molecule has 0 radical (unpaired) electrons. The first-order valence-corrected chi connectivity index (χ1v) is 11.3. The van der Waals surface area contributed by atoms with E-state index < -0.39 is 15.4 Å². The van der Waals surface area contributed by atoms with Crippen molar-refractivity contribution in [2.75, 3.05) is 11.3 Å². The average Bonchev–Trinajstić information content (AvgIpc) is 3.44. The van der Waals surface area contributed by atoms with Gasteiger partial charge in [-0.15, -0.1) is 0 Å². The van der Waals surface area contributed by atoms with Crippen LogP contribution in [0.5, 0.6) is 0 Å². The maximum atomic E-state index is 12.6. The second kappa shape index (κ2) is 7.95. The van der Waals surface area contributed by atoms with Gasteiger partial charge in [0.15, 0.2) is 0 Å². The summed E-state index contributed by atoms with van der Waals surface area (Å²) in [5.74, 6) is 0.568. The van der Waals surface area contributed by atoms with Crippen molar-refractivity contribution >= 4 is 21.6 Å². The van der Waals surface area contributed by atoms with Crippen LogP contribution in [0.4, 0.5) is 5.69 Å². The van der Waals surface area contributed by atoms with E-state index in [9.17, 15) is 13.2 Å². The normalized spacial score (nSPS) is 15.3. The highest BCUT2D eigenvalue weighted by molar-refractivity contribution is 7.92. The number of hydrogen-bond donors (Lipinski definition) is 2. The van der Waals surface area contributed by atoms with Gasteiger partial charge in [0.1, 0.15) is 0 Å². The number of carbonyl (C=O) groups is 1. The van der Waals surface area contributed by atoms with Crippen molar-refractivity contribution in [3.8, 4) is 0 Å². The zero-order valence-electron chi connectivity index (χ0n) is 16.7. The molecular weight excluding hydrogens is 372 g/mol. The van der Waals surface area contributed by atoms with Crippen LogP contribution in [0.3, 0.4) is 0 Å². The molecule has 3 rings (SSSR count). The zero-order valence-corrected chi connectivity index (χ0v) is 17.5. The van der Waals surface area contributed by atoms with E-state index in [2.05, 4.69) is 23.9 Å². The van der Waals surface area contributed by atoms with Gasteiger partial charge in [-0.25, -0.2) is 8.42 Å². The van der Waals surface area contributed by atoms with Gasteiger partial charge in [0.25, 0.3) is 10.0 Å². The number of amides is 1. The van der Waals surface area contributed by atoms with Crippen molar-refractivity contribution in [1.29, 1.82) is 0 Å². The topological polar surface area (TPSA) is 75.3 Å². The fourth-order valence-electron chi connectivity index (χ4n) is 3.45. The van der Waals surface area contributed by atoms with Crippen molar-refractivity contribution in [2.45, 2.75) is 50.3 Å². The lowest BCUT2D eigenvalue weighted by Gasteiger charge is -2.16. The Bertz CT molecular complexity index is 929. The van der Waals surface area contributed by atoms with Gasteiger partial charge in [-0.05, 0) is 67.5 Å². The van der Waals surface area contributed by atoms with Gasteiger partial charge in [-0.2, -0.15) is 0 Å². The van der Waals surface area contributed by atoms with Crippen molar-refractivity contribution in [3.63, 3.8) is 0 Å². The first kappa shape index (κ1) is 20.4. The molecule has 6 heteroatoms.